The zero-order valence-corrected chi connectivity index (χ0v) is 9.62. The largest absolute Gasteiger partial charge is 0.376 e. The van der Waals surface area contributed by atoms with E-state index >= 15 is 0 Å². The van der Waals surface area contributed by atoms with Gasteiger partial charge < -0.3 is 4.98 Å². The topological polar surface area (TPSA) is 12.9 Å². The van der Waals surface area contributed by atoms with Crippen LogP contribution < -0.4 is 0 Å². The van der Waals surface area contributed by atoms with Gasteiger partial charge >= 0.3 is 0 Å². The summed E-state index contributed by atoms with van der Waals surface area (Å²) in [7, 11) is 0. The third-order valence-electron chi connectivity index (χ3n) is 0.631. The molecule has 0 fully saturated rings. The van der Waals surface area contributed by atoms with Crippen molar-refractivity contribution in [2.45, 2.75) is 0 Å². The Morgan fingerprint density at radius 1 is 1.67 bits per heavy atom. The molecule has 4 heteroatoms. The van der Waals surface area contributed by atoms with E-state index in [1.54, 1.807) is 12.1 Å². The summed E-state index contributed by atoms with van der Waals surface area (Å²) < 4.78 is 0.900. The summed E-state index contributed by atoms with van der Waals surface area (Å²) in [5.74, 6) is 0. The van der Waals surface area contributed by atoms with Crippen molar-refractivity contribution in [1.29, 1.82) is 0 Å². The first-order chi connectivity index (χ1) is 3.79. The van der Waals surface area contributed by atoms with E-state index in [4.69, 9.17) is 11.6 Å². The number of pyridine rings is 1. The van der Waals surface area contributed by atoms with Gasteiger partial charge in [0, 0.05) is 37.9 Å². The maximum atomic E-state index is 5.47. The average Bonchev–Trinajstić information content (AvgIpc) is 1.64. The minimum absolute atomic E-state index is 0. The summed E-state index contributed by atoms with van der Waals surface area (Å²) in [4.78, 5) is 3.65. The van der Waals surface area contributed by atoms with Gasteiger partial charge in [-0.05, 0) is 0 Å². The van der Waals surface area contributed by atoms with E-state index < -0.39 is 0 Å². The summed E-state index contributed by atoms with van der Waals surface area (Å²) in [6.07, 6.45) is 2.60. The Labute approximate surface area is 92.2 Å². The van der Waals surface area contributed by atoms with Crippen LogP contribution in [-0.2, 0) is 32.7 Å². The summed E-state index contributed by atoms with van der Waals surface area (Å²) in [6, 6.07) is 3.41. The zero-order chi connectivity index (χ0) is 5.98. The molecule has 9 heavy (non-hydrogen) atoms. The van der Waals surface area contributed by atoms with E-state index in [-0.39, 0.29) is 32.7 Å². The van der Waals surface area contributed by atoms with Crippen LogP contribution in [0, 0.1) is 6.20 Å². The molecule has 0 N–H and O–H groups in total. The molecule has 0 aliphatic heterocycles. The van der Waals surface area contributed by atoms with Gasteiger partial charge in [-0.1, -0.05) is 10.7 Å². The Balaban J connectivity index is 0.000000640. The number of aromatic nitrogens is 1. The molecule has 0 aliphatic carbocycles. The second-order valence-electron chi connectivity index (χ2n) is 1.24. The third-order valence-corrected chi connectivity index (χ3v) is 1.28. The van der Waals surface area contributed by atoms with Gasteiger partial charge in [-0.25, -0.2) is 0 Å². The van der Waals surface area contributed by atoms with Crippen molar-refractivity contribution >= 4 is 27.5 Å². The summed E-state index contributed by atoms with van der Waals surface area (Å²) >= 11 is 8.68. The Hall–Kier alpha value is 1.02. The number of halogens is 2. The van der Waals surface area contributed by atoms with Crippen molar-refractivity contribution in [3.05, 3.63) is 28.0 Å². The van der Waals surface area contributed by atoms with Crippen LogP contribution in [0.15, 0.2) is 16.6 Å². The molecule has 1 heterocycles. The normalized spacial score (nSPS) is 8.22. The van der Waals surface area contributed by atoms with E-state index in [1.165, 1.54) is 0 Å². The number of hydrogen-bond acceptors (Lipinski definition) is 1. The molecule has 1 radical (unpaired) electrons. The molecule has 0 aromatic carbocycles. The third kappa shape index (κ3) is 3.66. The molecule has 1 nitrogen and oxygen atoms in total. The van der Waals surface area contributed by atoms with Gasteiger partial charge in [0.15, 0.2) is 0 Å². The monoisotopic (exact) mass is 279 g/mol. The first-order valence-electron chi connectivity index (χ1n) is 1.98. The first kappa shape index (κ1) is 10.0. The van der Waals surface area contributed by atoms with Crippen LogP contribution in [0.2, 0.25) is 5.15 Å². The predicted molar refractivity (Wildman–Crippen MR) is 35.8 cm³/mol. The van der Waals surface area contributed by atoms with Crippen LogP contribution in [0.1, 0.15) is 0 Å². The molecule has 1 aromatic rings. The van der Waals surface area contributed by atoms with Gasteiger partial charge in [-0.15, -0.1) is 39.7 Å². The van der Waals surface area contributed by atoms with Crippen molar-refractivity contribution in [2.75, 3.05) is 0 Å². The zero-order valence-electron chi connectivity index (χ0n) is 4.44. The fraction of sp³-hybridized carbons (Fsp3) is 0. The van der Waals surface area contributed by atoms with Gasteiger partial charge in [0.2, 0.25) is 0 Å². The predicted octanol–water partition coefficient (Wildman–Crippen LogP) is 2.30. The maximum absolute atomic E-state index is 5.47. The van der Waals surface area contributed by atoms with Crippen LogP contribution in [0.5, 0.6) is 0 Å². The molecular formula is C5H2BrClNY-. The van der Waals surface area contributed by atoms with E-state index in [1.807, 2.05) is 0 Å². The molecule has 0 aliphatic rings. The number of hydrogen-bond donors (Lipinski definition) is 0. The van der Waals surface area contributed by atoms with Crippen LogP contribution in [0.25, 0.3) is 0 Å². The molecule has 0 unspecified atom stereocenters. The van der Waals surface area contributed by atoms with Gasteiger partial charge in [0.1, 0.15) is 0 Å². The van der Waals surface area contributed by atoms with Crippen molar-refractivity contribution in [2.24, 2.45) is 0 Å². The SMILES string of the molecule is Clc1cc(Br)c[c-]n1.[Y]. The van der Waals surface area contributed by atoms with Gasteiger partial charge in [-0.3, -0.25) is 0 Å². The van der Waals surface area contributed by atoms with E-state index in [9.17, 15) is 0 Å². The van der Waals surface area contributed by atoms with Gasteiger partial charge in [0.05, 0.1) is 0 Å². The smallest absolute Gasteiger partial charge is 0.0153 e. The Morgan fingerprint density at radius 3 is 2.67 bits per heavy atom. The second kappa shape index (κ2) is 4.78. The molecule has 0 bridgehead atoms. The second-order valence-corrected chi connectivity index (χ2v) is 2.54. The molecule has 0 spiro atoms. The standard InChI is InChI=1S/C5H2BrClN.Y/c6-4-1-2-8-5(7)3-4;/h1,3H;/q-1;. The van der Waals surface area contributed by atoms with E-state index in [0.717, 1.165) is 4.47 Å². The molecular weight excluding hydrogens is 278 g/mol. The maximum Gasteiger partial charge on any atom is 0.0153 e. The molecule has 45 valence electrons. The Morgan fingerprint density at radius 2 is 2.33 bits per heavy atom. The minimum Gasteiger partial charge on any atom is -0.376 e. The van der Waals surface area contributed by atoms with E-state index in [2.05, 4.69) is 27.1 Å². The van der Waals surface area contributed by atoms with Gasteiger partial charge in [0.25, 0.3) is 0 Å². The molecule has 0 saturated carbocycles. The molecule has 1 rings (SSSR count). The van der Waals surface area contributed by atoms with Crippen LogP contribution in [-0.4, -0.2) is 4.98 Å². The van der Waals surface area contributed by atoms with Crippen molar-refractivity contribution in [1.82, 2.24) is 4.98 Å². The van der Waals surface area contributed by atoms with Crippen LogP contribution in [0.4, 0.5) is 0 Å². The summed E-state index contributed by atoms with van der Waals surface area (Å²) in [5, 5.41) is 0.458. The van der Waals surface area contributed by atoms with Gasteiger partial charge in [-0.2, -0.15) is 0 Å². The van der Waals surface area contributed by atoms with Crippen LogP contribution >= 0.6 is 27.5 Å². The molecule has 0 atom stereocenters. The first-order valence-corrected chi connectivity index (χ1v) is 3.15. The molecule has 0 saturated heterocycles. The van der Waals surface area contributed by atoms with Crippen molar-refractivity contribution in [3.8, 4) is 0 Å². The molecule has 0 amide bonds. The van der Waals surface area contributed by atoms with E-state index in [0.29, 0.717) is 5.15 Å². The Bertz CT molecular complexity index is 177. The summed E-state index contributed by atoms with van der Waals surface area (Å²) in [6.45, 7) is 0. The Kier molecular flexibility index (Phi) is 5.32. The fourth-order valence-corrected chi connectivity index (χ4v) is 0.961. The minimum atomic E-state index is 0. The molecule has 1 aromatic heterocycles. The number of rotatable bonds is 0. The average molecular weight is 280 g/mol. The number of nitrogens with zero attached hydrogens (tertiary/aromatic N) is 1. The fourth-order valence-electron chi connectivity index (χ4n) is 0.343. The van der Waals surface area contributed by atoms with Crippen LogP contribution in [0.3, 0.4) is 0 Å². The summed E-state index contributed by atoms with van der Waals surface area (Å²) in [5.41, 5.74) is 0. The van der Waals surface area contributed by atoms with Crippen molar-refractivity contribution in [3.63, 3.8) is 0 Å². The quantitative estimate of drug-likeness (QED) is 0.525. The van der Waals surface area contributed by atoms with Crippen molar-refractivity contribution < 1.29 is 32.7 Å².